The highest BCUT2D eigenvalue weighted by Crippen LogP contribution is 2.19. The molecule has 1 unspecified atom stereocenters. The summed E-state index contributed by atoms with van der Waals surface area (Å²) in [4.78, 5) is 7.83. The van der Waals surface area contributed by atoms with Crippen LogP contribution in [0, 0.1) is 0 Å². The maximum Gasteiger partial charge on any atom is 0.401 e. The smallest absolute Gasteiger partial charge is 0.355 e. The highest BCUT2D eigenvalue weighted by atomic mass is 127. The van der Waals surface area contributed by atoms with E-state index in [0.717, 1.165) is 19.6 Å². The number of rotatable bonds is 8. The van der Waals surface area contributed by atoms with Crippen LogP contribution in [0.25, 0.3) is 0 Å². The second-order valence-corrected chi connectivity index (χ2v) is 6.14. The van der Waals surface area contributed by atoms with Crippen LogP contribution in [0.4, 0.5) is 13.2 Å². The molecule has 0 aromatic rings. The number of likely N-dealkylation sites (N-methyl/N-ethyl adjacent to an activating group) is 1. The molecule has 5 nitrogen and oxygen atoms in total. The number of aliphatic imine (C=N–C) groups is 1. The Morgan fingerprint density at radius 1 is 1.33 bits per heavy atom. The predicted molar refractivity (Wildman–Crippen MR) is 103 cm³/mol. The predicted octanol–water partition coefficient (Wildman–Crippen LogP) is 2.14. The summed E-state index contributed by atoms with van der Waals surface area (Å²) in [6, 6.07) is 0.0152. The van der Waals surface area contributed by atoms with Crippen LogP contribution >= 0.6 is 24.0 Å². The molecule has 1 heterocycles. The van der Waals surface area contributed by atoms with Crippen LogP contribution in [-0.2, 0) is 0 Å². The number of halogens is 4. The maximum atomic E-state index is 12.4. The number of alkyl halides is 3. The first-order valence-electron chi connectivity index (χ1n) is 8.29. The molecule has 0 radical (unpaired) electrons. The van der Waals surface area contributed by atoms with Gasteiger partial charge in [0, 0.05) is 39.3 Å². The van der Waals surface area contributed by atoms with Crippen LogP contribution in [0.3, 0.4) is 0 Å². The molecule has 0 aromatic carbocycles. The van der Waals surface area contributed by atoms with E-state index in [-0.39, 0.29) is 30.0 Å². The van der Waals surface area contributed by atoms with E-state index in [2.05, 4.69) is 34.5 Å². The summed E-state index contributed by atoms with van der Waals surface area (Å²) < 4.78 is 37.2. The van der Waals surface area contributed by atoms with E-state index in [1.54, 1.807) is 7.05 Å². The number of likely N-dealkylation sites (tertiary alicyclic amines) is 1. The largest absolute Gasteiger partial charge is 0.401 e. The molecule has 9 heteroatoms. The summed E-state index contributed by atoms with van der Waals surface area (Å²) in [6.07, 6.45) is -1.07. The standard InChI is InChI=1S/C15H30F3N5.HI/c1-4-5-8-22(3)10-7-20-14(19-2)21-13-6-9-23(11-13)12-15(16,17)18;/h13H,4-12H2,1-3H3,(H2,19,20,21);1H. The van der Waals surface area contributed by atoms with Crippen LogP contribution < -0.4 is 10.6 Å². The lowest BCUT2D eigenvalue weighted by molar-refractivity contribution is -0.143. The number of guanidine groups is 1. The molecule has 2 N–H and O–H groups in total. The van der Waals surface area contributed by atoms with Gasteiger partial charge in [0.2, 0.25) is 0 Å². The van der Waals surface area contributed by atoms with Crippen LogP contribution in [0.1, 0.15) is 26.2 Å². The minimum absolute atomic E-state index is 0. The third-order valence-electron chi connectivity index (χ3n) is 3.92. The van der Waals surface area contributed by atoms with Crippen LogP contribution in [0.2, 0.25) is 0 Å². The molecule has 1 aliphatic heterocycles. The molecule has 0 amide bonds. The molecule has 0 aromatic heterocycles. The van der Waals surface area contributed by atoms with Gasteiger partial charge in [-0.25, -0.2) is 0 Å². The van der Waals surface area contributed by atoms with Gasteiger partial charge in [-0.3, -0.25) is 9.89 Å². The zero-order valence-electron chi connectivity index (χ0n) is 14.8. The average molecular weight is 465 g/mol. The fourth-order valence-corrected chi connectivity index (χ4v) is 2.64. The topological polar surface area (TPSA) is 42.9 Å². The normalized spacial score (nSPS) is 19.5. The zero-order chi connectivity index (χ0) is 17.3. The van der Waals surface area contributed by atoms with Gasteiger partial charge in [-0.05, 0) is 26.4 Å². The molecule has 0 bridgehead atoms. The first kappa shape index (κ1) is 23.7. The quantitative estimate of drug-likeness (QED) is 0.328. The van der Waals surface area contributed by atoms with Crippen molar-refractivity contribution in [3.05, 3.63) is 0 Å². The second kappa shape index (κ2) is 12.1. The van der Waals surface area contributed by atoms with Crippen molar-refractivity contribution in [3.63, 3.8) is 0 Å². The number of nitrogens with zero attached hydrogens (tertiary/aromatic N) is 3. The average Bonchev–Trinajstić information content (AvgIpc) is 2.88. The molecule has 1 aliphatic rings. The first-order valence-corrected chi connectivity index (χ1v) is 8.29. The lowest BCUT2D eigenvalue weighted by atomic mass is 10.3. The number of unbranched alkanes of at least 4 members (excludes halogenated alkanes) is 1. The van der Waals surface area contributed by atoms with E-state index in [1.165, 1.54) is 17.7 Å². The Morgan fingerprint density at radius 3 is 2.62 bits per heavy atom. The van der Waals surface area contributed by atoms with E-state index in [1.807, 2.05) is 0 Å². The lowest BCUT2D eigenvalue weighted by Crippen LogP contribution is -2.46. The van der Waals surface area contributed by atoms with Gasteiger partial charge in [0.15, 0.2) is 5.96 Å². The molecule has 1 rings (SSSR count). The van der Waals surface area contributed by atoms with Gasteiger partial charge in [0.25, 0.3) is 0 Å². The van der Waals surface area contributed by atoms with Gasteiger partial charge in [-0.2, -0.15) is 13.2 Å². The third-order valence-corrected chi connectivity index (χ3v) is 3.92. The van der Waals surface area contributed by atoms with Gasteiger partial charge in [0.05, 0.1) is 6.54 Å². The van der Waals surface area contributed by atoms with E-state index in [9.17, 15) is 13.2 Å². The second-order valence-electron chi connectivity index (χ2n) is 6.14. The fourth-order valence-electron chi connectivity index (χ4n) is 2.64. The summed E-state index contributed by atoms with van der Waals surface area (Å²) >= 11 is 0. The Labute approximate surface area is 160 Å². The Hall–Kier alpha value is -0.290. The molecule has 0 spiro atoms. The van der Waals surface area contributed by atoms with Gasteiger partial charge in [0.1, 0.15) is 0 Å². The Balaban J connectivity index is 0.00000529. The molecule has 24 heavy (non-hydrogen) atoms. The molecule has 1 saturated heterocycles. The van der Waals surface area contributed by atoms with Gasteiger partial charge in [-0.1, -0.05) is 13.3 Å². The van der Waals surface area contributed by atoms with Gasteiger partial charge < -0.3 is 15.5 Å². The molecular weight excluding hydrogens is 434 g/mol. The summed E-state index contributed by atoms with van der Waals surface area (Å²) in [6.45, 7) is 4.94. The summed E-state index contributed by atoms with van der Waals surface area (Å²) in [5, 5.41) is 6.43. The van der Waals surface area contributed by atoms with Crippen molar-refractivity contribution in [3.8, 4) is 0 Å². The molecule has 1 fully saturated rings. The van der Waals surface area contributed by atoms with Crippen LogP contribution in [0.5, 0.6) is 0 Å². The number of hydrogen-bond donors (Lipinski definition) is 2. The minimum Gasteiger partial charge on any atom is -0.355 e. The van der Waals surface area contributed by atoms with Crippen molar-refractivity contribution in [2.24, 2.45) is 4.99 Å². The number of nitrogens with one attached hydrogen (secondary N) is 2. The van der Waals surface area contributed by atoms with E-state index in [4.69, 9.17) is 0 Å². The highest BCUT2D eigenvalue weighted by Gasteiger charge is 2.34. The van der Waals surface area contributed by atoms with Crippen molar-refractivity contribution >= 4 is 29.9 Å². The maximum absolute atomic E-state index is 12.4. The van der Waals surface area contributed by atoms with Crippen LogP contribution in [0.15, 0.2) is 4.99 Å². The Bertz CT molecular complexity index is 366. The van der Waals surface area contributed by atoms with E-state index < -0.39 is 12.7 Å². The van der Waals surface area contributed by atoms with Crippen molar-refractivity contribution in [1.29, 1.82) is 0 Å². The fraction of sp³-hybridized carbons (Fsp3) is 0.933. The Kier molecular flexibility index (Phi) is 12.0. The highest BCUT2D eigenvalue weighted by molar-refractivity contribution is 14.0. The third kappa shape index (κ3) is 10.5. The van der Waals surface area contributed by atoms with Gasteiger partial charge >= 0.3 is 6.18 Å². The summed E-state index contributed by atoms with van der Waals surface area (Å²) in [5.41, 5.74) is 0. The molecule has 144 valence electrons. The lowest BCUT2D eigenvalue weighted by Gasteiger charge is -2.21. The summed E-state index contributed by atoms with van der Waals surface area (Å²) in [5.74, 6) is 0.660. The van der Waals surface area contributed by atoms with E-state index >= 15 is 0 Å². The van der Waals surface area contributed by atoms with Crippen molar-refractivity contribution in [1.82, 2.24) is 20.4 Å². The molecule has 0 aliphatic carbocycles. The molecule has 0 saturated carbocycles. The van der Waals surface area contributed by atoms with Crippen LogP contribution in [-0.4, -0.2) is 81.3 Å². The molecule has 1 atom stereocenters. The van der Waals surface area contributed by atoms with Crippen molar-refractivity contribution in [2.75, 3.05) is 53.4 Å². The Morgan fingerprint density at radius 2 is 2.04 bits per heavy atom. The summed E-state index contributed by atoms with van der Waals surface area (Å²) in [7, 11) is 3.76. The first-order chi connectivity index (χ1) is 10.8. The monoisotopic (exact) mass is 465 g/mol. The van der Waals surface area contributed by atoms with Crippen molar-refractivity contribution < 1.29 is 13.2 Å². The zero-order valence-corrected chi connectivity index (χ0v) is 17.2. The van der Waals surface area contributed by atoms with Gasteiger partial charge in [-0.15, -0.1) is 24.0 Å². The van der Waals surface area contributed by atoms with E-state index in [0.29, 0.717) is 25.5 Å². The van der Waals surface area contributed by atoms with Crippen molar-refractivity contribution in [2.45, 2.75) is 38.4 Å². The SMILES string of the molecule is CCCCN(C)CCNC(=NC)NC1CCN(CC(F)(F)F)C1.I. The minimum atomic E-state index is -4.13. The molecular formula is C15H31F3IN5. The number of hydrogen-bond acceptors (Lipinski definition) is 3.